The van der Waals surface area contributed by atoms with Gasteiger partial charge >= 0.3 is 5.97 Å². The van der Waals surface area contributed by atoms with Crippen LogP contribution in [-0.4, -0.2) is 42.7 Å². The van der Waals surface area contributed by atoms with E-state index in [4.69, 9.17) is 5.11 Å². The highest BCUT2D eigenvalue weighted by molar-refractivity contribution is 5.78. The summed E-state index contributed by atoms with van der Waals surface area (Å²) in [5.41, 5.74) is 0. The zero-order valence-corrected chi connectivity index (χ0v) is 10.6. The lowest BCUT2D eigenvalue weighted by molar-refractivity contribution is -0.144. The number of carboxylic acids is 1. The van der Waals surface area contributed by atoms with E-state index >= 15 is 0 Å². The monoisotopic (exact) mass is 279 g/mol. The first kappa shape index (κ1) is 15.8. The zero-order chi connectivity index (χ0) is 14.3. The predicted octanol–water partition coefficient (Wildman–Crippen LogP) is 1.42. The Balaban J connectivity index is 2.27. The Morgan fingerprint density at radius 2 is 2.00 bits per heavy atom. The molecule has 0 radical (unpaired) electrons. The summed E-state index contributed by atoms with van der Waals surface area (Å²) in [6.07, 6.45) is 0.355. The number of ether oxygens (including phenoxy) is 1. The third-order valence-corrected chi connectivity index (χ3v) is 3.15. The first-order chi connectivity index (χ1) is 9.00. The summed E-state index contributed by atoms with van der Waals surface area (Å²) in [5, 5.41) is 11.7. The van der Waals surface area contributed by atoms with Crippen molar-refractivity contribution in [1.29, 1.82) is 0 Å². The predicted molar refractivity (Wildman–Crippen MR) is 63.0 cm³/mol. The molecule has 0 heterocycles. The molecular weight excluding hydrogens is 260 g/mol. The quantitative estimate of drug-likeness (QED) is 0.691. The average Bonchev–Trinajstić information content (AvgIpc) is 2.35. The fourth-order valence-corrected chi connectivity index (χ4v) is 2.22. The number of rotatable bonds is 7. The second-order valence-corrected chi connectivity index (χ2v) is 4.62. The molecular formula is C12H19F2NO4. The maximum Gasteiger partial charge on any atom is 0.308 e. The number of carboxylic acid groups (broad SMARTS) is 1. The summed E-state index contributed by atoms with van der Waals surface area (Å²) in [4.78, 5) is 22.6. The van der Waals surface area contributed by atoms with Gasteiger partial charge in [0.1, 0.15) is 6.61 Å². The molecule has 5 nitrogen and oxygen atoms in total. The van der Waals surface area contributed by atoms with Crippen molar-refractivity contribution >= 4 is 11.9 Å². The molecule has 2 atom stereocenters. The van der Waals surface area contributed by atoms with E-state index in [9.17, 15) is 18.4 Å². The number of carbonyl (C=O) groups is 2. The van der Waals surface area contributed by atoms with Gasteiger partial charge in [-0.3, -0.25) is 9.59 Å². The maximum absolute atomic E-state index is 11.8. The second kappa shape index (κ2) is 8.04. The van der Waals surface area contributed by atoms with Crippen LogP contribution in [-0.2, 0) is 14.3 Å². The second-order valence-electron chi connectivity index (χ2n) is 4.62. The molecule has 0 spiro atoms. The van der Waals surface area contributed by atoms with Gasteiger partial charge in [-0.25, -0.2) is 8.78 Å². The number of nitrogens with one attached hydrogen (secondary N) is 1. The van der Waals surface area contributed by atoms with Gasteiger partial charge in [-0.2, -0.15) is 0 Å². The van der Waals surface area contributed by atoms with E-state index in [-0.39, 0.29) is 25.0 Å². The van der Waals surface area contributed by atoms with Gasteiger partial charge < -0.3 is 15.2 Å². The molecule has 1 fully saturated rings. The van der Waals surface area contributed by atoms with E-state index in [1.54, 1.807) is 0 Å². The molecule has 1 aliphatic rings. The van der Waals surface area contributed by atoms with Crippen molar-refractivity contribution in [3.05, 3.63) is 0 Å². The number of aliphatic carboxylic acids is 1. The van der Waals surface area contributed by atoms with Crippen LogP contribution in [0.2, 0.25) is 0 Å². The minimum atomic E-state index is -2.54. The summed E-state index contributed by atoms with van der Waals surface area (Å²) < 4.78 is 28.2. The Hall–Kier alpha value is -1.24. The molecule has 0 saturated heterocycles. The summed E-state index contributed by atoms with van der Waals surface area (Å²) in [6, 6.07) is -0.367. The standard InChI is InChI=1S/C12H19F2NO4/c13-10(14)7-19-6-5-11(16)15-9-4-2-1-3-8(9)12(17)18/h8-10H,1-7H2,(H,15,16)(H,17,18). The van der Waals surface area contributed by atoms with Gasteiger partial charge in [-0.1, -0.05) is 12.8 Å². The third kappa shape index (κ3) is 5.96. The summed E-state index contributed by atoms with van der Waals surface area (Å²) >= 11 is 0. The van der Waals surface area contributed by atoms with Gasteiger partial charge in [-0.15, -0.1) is 0 Å². The fraction of sp³-hybridized carbons (Fsp3) is 0.833. The van der Waals surface area contributed by atoms with Crippen LogP contribution in [0.15, 0.2) is 0 Å². The number of carbonyl (C=O) groups excluding carboxylic acids is 1. The fourth-order valence-electron chi connectivity index (χ4n) is 2.22. The van der Waals surface area contributed by atoms with Gasteiger partial charge in [-0.05, 0) is 12.8 Å². The molecule has 0 aromatic heterocycles. The maximum atomic E-state index is 11.8. The highest BCUT2D eigenvalue weighted by atomic mass is 19.3. The van der Waals surface area contributed by atoms with Crippen LogP contribution >= 0.6 is 0 Å². The Labute approximate surface area is 110 Å². The van der Waals surface area contributed by atoms with Crippen molar-refractivity contribution in [1.82, 2.24) is 5.32 Å². The van der Waals surface area contributed by atoms with Crippen LogP contribution in [0.1, 0.15) is 32.1 Å². The molecule has 1 rings (SSSR count). The van der Waals surface area contributed by atoms with Crippen molar-refractivity contribution in [3.63, 3.8) is 0 Å². The number of alkyl halides is 2. The lowest BCUT2D eigenvalue weighted by Crippen LogP contribution is -2.45. The number of hydrogen-bond acceptors (Lipinski definition) is 3. The lowest BCUT2D eigenvalue weighted by Gasteiger charge is -2.29. The SMILES string of the molecule is O=C(CCOCC(F)F)NC1CCCCC1C(=O)O. The first-order valence-corrected chi connectivity index (χ1v) is 6.38. The van der Waals surface area contributed by atoms with Gasteiger partial charge in [0.2, 0.25) is 5.91 Å². The molecule has 1 aliphatic carbocycles. The topological polar surface area (TPSA) is 75.6 Å². The van der Waals surface area contributed by atoms with E-state index in [1.807, 2.05) is 0 Å². The van der Waals surface area contributed by atoms with Crippen LogP contribution < -0.4 is 5.32 Å². The van der Waals surface area contributed by atoms with Crippen LogP contribution in [0.25, 0.3) is 0 Å². The van der Waals surface area contributed by atoms with Crippen molar-refractivity contribution in [2.24, 2.45) is 5.92 Å². The van der Waals surface area contributed by atoms with E-state index in [2.05, 4.69) is 10.1 Å². The highest BCUT2D eigenvalue weighted by Gasteiger charge is 2.31. The zero-order valence-electron chi connectivity index (χ0n) is 10.6. The molecule has 1 amide bonds. The molecule has 2 unspecified atom stereocenters. The number of hydrogen-bond donors (Lipinski definition) is 2. The van der Waals surface area contributed by atoms with Crippen LogP contribution in [0.3, 0.4) is 0 Å². The number of halogens is 2. The normalized spacial score (nSPS) is 23.3. The molecule has 110 valence electrons. The molecule has 2 N–H and O–H groups in total. The van der Waals surface area contributed by atoms with Crippen LogP contribution in [0, 0.1) is 5.92 Å². The van der Waals surface area contributed by atoms with Gasteiger partial charge in [0, 0.05) is 12.5 Å². The summed E-state index contributed by atoms with van der Waals surface area (Å²) in [7, 11) is 0. The molecule has 0 aromatic carbocycles. The minimum absolute atomic E-state index is 0.0322. The van der Waals surface area contributed by atoms with Crippen molar-refractivity contribution in [2.75, 3.05) is 13.2 Å². The number of amides is 1. The largest absolute Gasteiger partial charge is 0.481 e. The van der Waals surface area contributed by atoms with E-state index < -0.39 is 24.9 Å². The van der Waals surface area contributed by atoms with Crippen molar-refractivity contribution < 1.29 is 28.2 Å². The highest BCUT2D eigenvalue weighted by Crippen LogP contribution is 2.24. The van der Waals surface area contributed by atoms with E-state index in [0.29, 0.717) is 12.8 Å². The molecule has 0 aromatic rings. The van der Waals surface area contributed by atoms with Crippen molar-refractivity contribution in [2.45, 2.75) is 44.6 Å². The minimum Gasteiger partial charge on any atom is -0.481 e. The third-order valence-electron chi connectivity index (χ3n) is 3.15. The molecule has 7 heteroatoms. The Morgan fingerprint density at radius 1 is 1.32 bits per heavy atom. The molecule has 19 heavy (non-hydrogen) atoms. The van der Waals surface area contributed by atoms with Crippen LogP contribution in [0.4, 0.5) is 8.78 Å². The Bertz CT molecular complexity index is 312. The van der Waals surface area contributed by atoms with Gasteiger partial charge in [0.15, 0.2) is 0 Å². The average molecular weight is 279 g/mol. The molecule has 0 aliphatic heterocycles. The van der Waals surface area contributed by atoms with E-state index in [1.165, 1.54) is 0 Å². The Kier molecular flexibility index (Phi) is 6.69. The van der Waals surface area contributed by atoms with Gasteiger partial charge in [0.05, 0.1) is 12.5 Å². The Morgan fingerprint density at radius 3 is 2.63 bits per heavy atom. The van der Waals surface area contributed by atoms with Gasteiger partial charge in [0.25, 0.3) is 6.43 Å². The van der Waals surface area contributed by atoms with E-state index in [0.717, 1.165) is 12.8 Å². The first-order valence-electron chi connectivity index (χ1n) is 6.38. The molecule has 0 bridgehead atoms. The summed E-state index contributed by atoms with van der Waals surface area (Å²) in [5.74, 6) is -1.81. The molecule has 1 saturated carbocycles. The van der Waals surface area contributed by atoms with Crippen molar-refractivity contribution in [3.8, 4) is 0 Å². The van der Waals surface area contributed by atoms with Crippen LogP contribution in [0.5, 0.6) is 0 Å². The summed E-state index contributed by atoms with van der Waals surface area (Å²) in [6.45, 7) is -0.769. The lowest BCUT2D eigenvalue weighted by atomic mass is 9.84. The smallest absolute Gasteiger partial charge is 0.308 e.